The lowest BCUT2D eigenvalue weighted by molar-refractivity contribution is -0.119. The fourth-order valence-corrected chi connectivity index (χ4v) is 3.42. The third-order valence-corrected chi connectivity index (χ3v) is 5.09. The molecule has 0 aliphatic carbocycles. The van der Waals surface area contributed by atoms with Gasteiger partial charge in [-0.2, -0.15) is 0 Å². The van der Waals surface area contributed by atoms with Crippen LogP contribution in [0.5, 0.6) is 0 Å². The molecule has 0 bridgehead atoms. The predicted molar refractivity (Wildman–Crippen MR) is 119 cm³/mol. The Hall–Kier alpha value is -4.66. The number of nitrogens with one attached hydrogen (secondary N) is 1. The second-order valence-corrected chi connectivity index (χ2v) is 7.44. The first-order valence-electron chi connectivity index (χ1n) is 10.1. The lowest BCUT2D eigenvalue weighted by Gasteiger charge is -2.13. The molecule has 0 unspecified atom stereocenters. The van der Waals surface area contributed by atoms with E-state index < -0.39 is 36.1 Å². The van der Waals surface area contributed by atoms with Gasteiger partial charge in [-0.25, -0.2) is 14.1 Å². The first-order valence-corrected chi connectivity index (χ1v) is 10.1. The summed E-state index contributed by atoms with van der Waals surface area (Å²) in [6, 6.07) is 15.0. The summed E-state index contributed by atoms with van der Waals surface area (Å²) < 4.78 is 18.2. The topological polar surface area (TPSA) is 110 Å². The van der Waals surface area contributed by atoms with E-state index in [4.69, 9.17) is 4.74 Å². The SMILES string of the molecule is CC(=O)c1cccc(NC(=O)COC(=O)c2ccc3c(c2)C(=O)N(c2ccc(F)cc2)C3=O)c1. The third kappa shape index (κ3) is 4.44. The fourth-order valence-electron chi connectivity index (χ4n) is 3.42. The van der Waals surface area contributed by atoms with Gasteiger partial charge in [0.1, 0.15) is 5.82 Å². The summed E-state index contributed by atoms with van der Waals surface area (Å²) >= 11 is 0. The minimum atomic E-state index is -0.865. The maximum Gasteiger partial charge on any atom is 0.338 e. The summed E-state index contributed by atoms with van der Waals surface area (Å²) in [5, 5.41) is 2.53. The van der Waals surface area contributed by atoms with Crippen molar-refractivity contribution >= 4 is 40.8 Å². The van der Waals surface area contributed by atoms with Gasteiger partial charge in [0.25, 0.3) is 17.7 Å². The molecule has 1 N–H and O–H groups in total. The normalized spacial score (nSPS) is 12.4. The van der Waals surface area contributed by atoms with Crippen LogP contribution in [0.1, 0.15) is 48.4 Å². The molecule has 1 aliphatic heterocycles. The van der Waals surface area contributed by atoms with E-state index in [0.717, 1.165) is 17.0 Å². The van der Waals surface area contributed by atoms with Gasteiger partial charge in [0.2, 0.25) is 0 Å². The van der Waals surface area contributed by atoms with Crippen LogP contribution in [0.25, 0.3) is 0 Å². The quantitative estimate of drug-likeness (QED) is 0.342. The number of ketones is 1. The predicted octanol–water partition coefficient (Wildman–Crippen LogP) is 3.62. The third-order valence-electron chi connectivity index (χ3n) is 5.09. The number of imide groups is 1. The highest BCUT2D eigenvalue weighted by atomic mass is 19.1. The number of halogens is 1. The van der Waals surface area contributed by atoms with Crippen LogP contribution >= 0.6 is 0 Å². The van der Waals surface area contributed by atoms with Crippen molar-refractivity contribution in [2.24, 2.45) is 0 Å². The smallest absolute Gasteiger partial charge is 0.338 e. The number of benzene rings is 3. The number of hydrogen-bond acceptors (Lipinski definition) is 6. The number of nitrogens with zero attached hydrogens (tertiary/aromatic N) is 1. The van der Waals surface area contributed by atoms with E-state index in [2.05, 4.69) is 5.32 Å². The Labute approximate surface area is 192 Å². The van der Waals surface area contributed by atoms with Crippen molar-refractivity contribution in [3.8, 4) is 0 Å². The maximum atomic E-state index is 13.2. The van der Waals surface area contributed by atoms with Gasteiger partial charge in [0.05, 0.1) is 22.4 Å². The number of Topliss-reactive ketones (excluding diaryl/α,β-unsaturated/α-hetero) is 1. The molecule has 34 heavy (non-hydrogen) atoms. The van der Waals surface area contributed by atoms with E-state index in [1.54, 1.807) is 18.2 Å². The van der Waals surface area contributed by atoms with Crippen LogP contribution in [0.3, 0.4) is 0 Å². The maximum absolute atomic E-state index is 13.2. The first kappa shape index (κ1) is 22.5. The van der Waals surface area contributed by atoms with Crippen LogP contribution in [0.4, 0.5) is 15.8 Å². The Morgan fingerprint density at radius 2 is 1.59 bits per heavy atom. The molecule has 0 atom stereocenters. The largest absolute Gasteiger partial charge is 0.452 e. The van der Waals surface area contributed by atoms with Gasteiger partial charge in [-0.15, -0.1) is 0 Å². The van der Waals surface area contributed by atoms with E-state index in [9.17, 15) is 28.4 Å². The monoisotopic (exact) mass is 460 g/mol. The van der Waals surface area contributed by atoms with Crippen molar-refractivity contribution in [2.45, 2.75) is 6.92 Å². The van der Waals surface area contributed by atoms with Crippen molar-refractivity contribution < 1.29 is 33.1 Å². The van der Waals surface area contributed by atoms with Gasteiger partial charge in [-0.05, 0) is 61.5 Å². The Morgan fingerprint density at radius 3 is 2.29 bits per heavy atom. The highest BCUT2D eigenvalue weighted by Crippen LogP contribution is 2.29. The van der Waals surface area contributed by atoms with Crippen LogP contribution in [0, 0.1) is 5.82 Å². The summed E-state index contributed by atoms with van der Waals surface area (Å²) in [4.78, 5) is 62.3. The number of ether oxygens (including phenoxy) is 1. The summed E-state index contributed by atoms with van der Waals surface area (Å²) in [5.74, 6) is -3.42. The lowest BCUT2D eigenvalue weighted by atomic mass is 10.1. The van der Waals surface area contributed by atoms with E-state index in [-0.39, 0.29) is 28.2 Å². The molecule has 1 aliphatic rings. The van der Waals surface area contributed by atoms with Crippen LogP contribution in [0.15, 0.2) is 66.7 Å². The zero-order valence-electron chi connectivity index (χ0n) is 17.8. The number of fused-ring (bicyclic) bond motifs is 1. The molecule has 3 aromatic rings. The molecule has 1 heterocycles. The summed E-state index contributed by atoms with van der Waals surface area (Å²) in [6.07, 6.45) is 0. The van der Waals surface area contributed by atoms with Gasteiger partial charge >= 0.3 is 5.97 Å². The lowest BCUT2D eigenvalue weighted by Crippen LogP contribution is -2.29. The van der Waals surface area contributed by atoms with E-state index in [0.29, 0.717) is 11.3 Å². The minimum Gasteiger partial charge on any atom is -0.452 e. The second-order valence-electron chi connectivity index (χ2n) is 7.44. The molecule has 170 valence electrons. The van der Waals surface area contributed by atoms with Gasteiger partial charge in [-0.1, -0.05) is 12.1 Å². The molecule has 0 aromatic heterocycles. The Kier molecular flexibility index (Phi) is 6.01. The van der Waals surface area contributed by atoms with Crippen molar-refractivity contribution in [3.05, 3.63) is 94.8 Å². The highest BCUT2D eigenvalue weighted by Gasteiger charge is 2.37. The van der Waals surface area contributed by atoms with Crippen molar-refractivity contribution in [1.29, 1.82) is 0 Å². The molecule has 0 saturated heterocycles. The van der Waals surface area contributed by atoms with Crippen LogP contribution < -0.4 is 10.2 Å². The molecule has 0 fully saturated rings. The van der Waals surface area contributed by atoms with Crippen molar-refractivity contribution in [3.63, 3.8) is 0 Å². The number of rotatable bonds is 6. The van der Waals surface area contributed by atoms with Crippen molar-refractivity contribution in [2.75, 3.05) is 16.8 Å². The highest BCUT2D eigenvalue weighted by molar-refractivity contribution is 6.34. The molecular formula is C25H17FN2O6. The molecular weight excluding hydrogens is 443 g/mol. The van der Waals surface area contributed by atoms with Crippen molar-refractivity contribution in [1.82, 2.24) is 0 Å². The Bertz CT molecular complexity index is 1350. The summed E-state index contributed by atoms with van der Waals surface area (Å²) in [5.41, 5.74) is 1.05. The van der Waals surface area contributed by atoms with Gasteiger partial charge in [-0.3, -0.25) is 19.2 Å². The molecule has 0 saturated carbocycles. The number of amides is 3. The van der Waals surface area contributed by atoms with E-state index in [1.165, 1.54) is 43.3 Å². The number of carbonyl (C=O) groups excluding carboxylic acids is 5. The fraction of sp³-hybridized carbons (Fsp3) is 0.0800. The van der Waals surface area contributed by atoms with Crippen LogP contribution in [-0.2, 0) is 9.53 Å². The standard InChI is InChI=1S/C25H17FN2O6/c1-14(29)15-3-2-4-18(11-15)27-22(30)13-34-25(33)16-5-10-20-21(12-16)24(32)28(23(20)31)19-8-6-17(26)7-9-19/h2-12H,13H2,1H3,(H,27,30). The Balaban J connectivity index is 1.43. The summed E-state index contributed by atoms with van der Waals surface area (Å²) in [6.45, 7) is 0.797. The van der Waals surface area contributed by atoms with Crippen LogP contribution in [-0.4, -0.2) is 36.1 Å². The van der Waals surface area contributed by atoms with E-state index in [1.807, 2.05) is 0 Å². The zero-order chi connectivity index (χ0) is 24.4. The van der Waals surface area contributed by atoms with Gasteiger partial charge in [0.15, 0.2) is 12.4 Å². The first-order chi connectivity index (χ1) is 16.2. The number of carbonyl (C=O) groups is 5. The average Bonchev–Trinajstić information content (AvgIpc) is 3.07. The Morgan fingerprint density at radius 1 is 0.882 bits per heavy atom. The molecule has 9 heteroatoms. The summed E-state index contributed by atoms with van der Waals surface area (Å²) in [7, 11) is 0. The number of hydrogen-bond donors (Lipinski definition) is 1. The zero-order valence-corrected chi connectivity index (χ0v) is 17.8. The van der Waals surface area contributed by atoms with Gasteiger partial charge in [0, 0.05) is 11.3 Å². The molecule has 0 radical (unpaired) electrons. The average molecular weight is 460 g/mol. The van der Waals surface area contributed by atoms with Crippen LogP contribution in [0.2, 0.25) is 0 Å². The minimum absolute atomic E-state index is 0.00530. The molecule has 8 nitrogen and oxygen atoms in total. The molecule has 0 spiro atoms. The molecule has 3 aromatic carbocycles. The number of esters is 1. The van der Waals surface area contributed by atoms with Gasteiger partial charge < -0.3 is 10.1 Å². The van der Waals surface area contributed by atoms with E-state index >= 15 is 0 Å². The second kappa shape index (κ2) is 9.07. The number of anilines is 2. The molecule has 4 rings (SSSR count). The molecule has 3 amide bonds.